The zero-order chi connectivity index (χ0) is 11.2. The minimum atomic E-state index is -0.220. The van der Waals surface area contributed by atoms with Crippen molar-refractivity contribution in [3.8, 4) is 0 Å². The Hall–Kier alpha value is -1.31. The number of fused-ring (bicyclic) bond motifs is 1. The number of rotatable bonds is 1. The van der Waals surface area contributed by atoms with Gasteiger partial charge >= 0.3 is 0 Å². The molecule has 0 atom stereocenters. The van der Waals surface area contributed by atoms with Crippen molar-refractivity contribution in [1.82, 2.24) is 5.32 Å². The van der Waals surface area contributed by atoms with Crippen LogP contribution in [0, 0.1) is 0 Å². The van der Waals surface area contributed by atoms with Crippen LogP contribution in [0.25, 0.3) is 0 Å². The molecule has 2 rings (SSSR count). The monoisotopic (exact) mass is 203 g/mol. The third-order valence-electron chi connectivity index (χ3n) is 3.05. The Kier molecular flexibility index (Phi) is 2.10. The van der Waals surface area contributed by atoms with Gasteiger partial charge in [0.2, 0.25) is 0 Å². The third-order valence-corrected chi connectivity index (χ3v) is 3.05. The van der Waals surface area contributed by atoms with Gasteiger partial charge < -0.3 is 5.32 Å². The van der Waals surface area contributed by atoms with E-state index >= 15 is 0 Å². The molecule has 0 aromatic heterocycles. The molecule has 0 saturated carbocycles. The van der Waals surface area contributed by atoms with Crippen molar-refractivity contribution in [2.24, 2.45) is 0 Å². The molecule has 0 radical (unpaired) electrons. The molecule has 2 nitrogen and oxygen atoms in total. The minimum Gasteiger partial charge on any atom is -0.343 e. The van der Waals surface area contributed by atoms with Gasteiger partial charge in [-0.05, 0) is 37.0 Å². The molecule has 1 aliphatic heterocycles. The van der Waals surface area contributed by atoms with Gasteiger partial charge in [-0.1, -0.05) is 26.0 Å². The molecule has 1 aromatic carbocycles. The van der Waals surface area contributed by atoms with Crippen molar-refractivity contribution < 1.29 is 4.79 Å². The summed E-state index contributed by atoms with van der Waals surface area (Å²) in [7, 11) is 0. The Balaban J connectivity index is 2.56. The van der Waals surface area contributed by atoms with Crippen molar-refractivity contribution in [3.63, 3.8) is 0 Å². The molecular formula is C13H17NO. The van der Waals surface area contributed by atoms with Crippen LogP contribution in [0.2, 0.25) is 0 Å². The highest BCUT2D eigenvalue weighted by molar-refractivity contribution is 6.00. The fourth-order valence-corrected chi connectivity index (χ4v) is 2.07. The summed E-state index contributed by atoms with van der Waals surface area (Å²) in [5.41, 5.74) is 2.95. The maximum Gasteiger partial charge on any atom is 0.252 e. The van der Waals surface area contributed by atoms with Gasteiger partial charge in [-0.25, -0.2) is 0 Å². The van der Waals surface area contributed by atoms with Crippen LogP contribution in [0.15, 0.2) is 18.2 Å². The number of carbonyl (C=O) groups excluding carboxylic acids is 1. The zero-order valence-electron chi connectivity index (χ0n) is 9.72. The Bertz CT molecular complexity index is 419. The summed E-state index contributed by atoms with van der Waals surface area (Å²) >= 11 is 0. The predicted molar refractivity (Wildman–Crippen MR) is 61.0 cm³/mol. The SMILES string of the molecule is CC(C)c1ccc2c(c1)C(=O)NC2(C)C. The molecule has 1 aliphatic rings. The van der Waals surface area contributed by atoms with Gasteiger partial charge in [-0.15, -0.1) is 0 Å². The zero-order valence-corrected chi connectivity index (χ0v) is 9.72. The molecule has 0 aliphatic carbocycles. The highest BCUT2D eigenvalue weighted by Crippen LogP contribution is 2.32. The van der Waals surface area contributed by atoms with Crippen molar-refractivity contribution >= 4 is 5.91 Å². The Morgan fingerprint density at radius 3 is 2.53 bits per heavy atom. The molecule has 1 amide bonds. The average Bonchev–Trinajstić information content (AvgIpc) is 2.37. The summed E-state index contributed by atoms with van der Waals surface area (Å²) in [6.45, 7) is 8.34. The van der Waals surface area contributed by atoms with Gasteiger partial charge in [0, 0.05) is 5.56 Å². The molecule has 0 bridgehead atoms. The number of hydrogen-bond acceptors (Lipinski definition) is 1. The molecule has 0 saturated heterocycles. The quantitative estimate of drug-likeness (QED) is 0.747. The fourth-order valence-electron chi connectivity index (χ4n) is 2.07. The smallest absolute Gasteiger partial charge is 0.252 e. The molecular weight excluding hydrogens is 186 g/mol. The van der Waals surface area contributed by atoms with Crippen LogP contribution in [-0.4, -0.2) is 5.91 Å². The van der Waals surface area contributed by atoms with Gasteiger partial charge in [0.15, 0.2) is 0 Å². The highest BCUT2D eigenvalue weighted by Gasteiger charge is 2.34. The van der Waals surface area contributed by atoms with Crippen LogP contribution in [-0.2, 0) is 5.54 Å². The van der Waals surface area contributed by atoms with Gasteiger partial charge in [0.05, 0.1) is 5.54 Å². The van der Waals surface area contributed by atoms with Gasteiger partial charge in [0.25, 0.3) is 5.91 Å². The van der Waals surface area contributed by atoms with E-state index in [0.29, 0.717) is 5.92 Å². The summed E-state index contributed by atoms with van der Waals surface area (Å²) in [5.74, 6) is 0.518. The predicted octanol–water partition coefficient (Wildman–Crippen LogP) is 2.79. The second kappa shape index (κ2) is 3.09. The largest absolute Gasteiger partial charge is 0.343 e. The molecule has 0 unspecified atom stereocenters. The number of nitrogens with one attached hydrogen (secondary N) is 1. The lowest BCUT2D eigenvalue weighted by atomic mass is 9.91. The van der Waals surface area contributed by atoms with Gasteiger partial charge in [-0.2, -0.15) is 0 Å². The Labute approximate surface area is 90.7 Å². The maximum atomic E-state index is 11.7. The molecule has 15 heavy (non-hydrogen) atoms. The Morgan fingerprint density at radius 2 is 1.93 bits per heavy atom. The summed E-state index contributed by atoms with van der Waals surface area (Å²) in [6, 6.07) is 6.21. The van der Waals surface area contributed by atoms with E-state index in [9.17, 15) is 4.79 Å². The van der Waals surface area contributed by atoms with E-state index in [2.05, 4.69) is 31.3 Å². The topological polar surface area (TPSA) is 29.1 Å². The van der Waals surface area contributed by atoms with Crippen LogP contribution < -0.4 is 5.32 Å². The van der Waals surface area contributed by atoms with Crippen molar-refractivity contribution in [2.75, 3.05) is 0 Å². The first-order chi connectivity index (χ1) is 6.92. The first-order valence-electron chi connectivity index (χ1n) is 5.39. The lowest BCUT2D eigenvalue weighted by molar-refractivity contribution is 0.0940. The van der Waals surface area contributed by atoms with Crippen molar-refractivity contribution in [2.45, 2.75) is 39.2 Å². The lowest BCUT2D eigenvalue weighted by Crippen LogP contribution is -2.32. The maximum absolute atomic E-state index is 11.7. The summed E-state index contributed by atoms with van der Waals surface area (Å²) in [6.07, 6.45) is 0. The third kappa shape index (κ3) is 1.54. The lowest BCUT2D eigenvalue weighted by Gasteiger charge is -2.19. The van der Waals surface area contributed by atoms with Crippen molar-refractivity contribution in [1.29, 1.82) is 0 Å². The first-order valence-corrected chi connectivity index (χ1v) is 5.39. The second-order valence-corrected chi connectivity index (χ2v) is 5.04. The summed E-state index contributed by atoms with van der Waals surface area (Å²) in [4.78, 5) is 11.7. The molecule has 1 N–H and O–H groups in total. The fraction of sp³-hybridized carbons (Fsp3) is 0.462. The van der Waals surface area contributed by atoms with E-state index in [0.717, 1.165) is 11.1 Å². The molecule has 2 heteroatoms. The van der Waals surface area contributed by atoms with Crippen LogP contribution in [0.1, 0.15) is 55.1 Å². The van der Waals surface area contributed by atoms with Crippen molar-refractivity contribution in [3.05, 3.63) is 34.9 Å². The van der Waals surface area contributed by atoms with Crippen LogP contribution in [0.5, 0.6) is 0 Å². The van der Waals surface area contributed by atoms with Crippen LogP contribution in [0.3, 0.4) is 0 Å². The Morgan fingerprint density at radius 1 is 1.27 bits per heavy atom. The van der Waals surface area contributed by atoms with Crippen LogP contribution in [0.4, 0.5) is 0 Å². The number of hydrogen-bond donors (Lipinski definition) is 1. The summed E-state index contributed by atoms with van der Waals surface area (Å²) in [5, 5.41) is 2.99. The highest BCUT2D eigenvalue weighted by atomic mass is 16.2. The number of amides is 1. The van der Waals surface area contributed by atoms with E-state index in [1.165, 1.54) is 5.56 Å². The normalized spacial score (nSPS) is 17.8. The molecule has 80 valence electrons. The van der Waals surface area contributed by atoms with E-state index < -0.39 is 0 Å². The van der Waals surface area contributed by atoms with Crippen LogP contribution >= 0.6 is 0 Å². The standard InChI is InChI=1S/C13H17NO/c1-8(2)9-5-6-11-10(7-9)12(15)14-13(11,3)4/h5-8H,1-4H3,(H,14,15). The molecule has 0 fully saturated rings. The molecule has 1 aromatic rings. The van der Waals surface area contributed by atoms with E-state index in [-0.39, 0.29) is 11.4 Å². The summed E-state index contributed by atoms with van der Waals surface area (Å²) < 4.78 is 0. The minimum absolute atomic E-state index is 0.0532. The molecule has 1 heterocycles. The number of benzene rings is 1. The molecule has 0 spiro atoms. The van der Waals surface area contributed by atoms with E-state index in [4.69, 9.17) is 0 Å². The van der Waals surface area contributed by atoms with E-state index in [1.807, 2.05) is 19.9 Å². The first kappa shape index (κ1) is 10.2. The van der Waals surface area contributed by atoms with Gasteiger partial charge in [-0.3, -0.25) is 4.79 Å². The number of carbonyl (C=O) groups is 1. The van der Waals surface area contributed by atoms with Gasteiger partial charge in [0.1, 0.15) is 0 Å². The average molecular weight is 203 g/mol. The van der Waals surface area contributed by atoms with E-state index in [1.54, 1.807) is 0 Å². The second-order valence-electron chi connectivity index (χ2n) is 5.04.